The molecule has 64 valence electrons. The van der Waals surface area contributed by atoms with Gasteiger partial charge in [0.1, 0.15) is 5.83 Å². The van der Waals surface area contributed by atoms with E-state index in [4.69, 9.17) is 0 Å². The van der Waals surface area contributed by atoms with E-state index in [9.17, 15) is 8.78 Å². The Labute approximate surface area is 65.7 Å². The zero-order valence-corrected chi connectivity index (χ0v) is 6.52. The van der Waals surface area contributed by atoms with Gasteiger partial charge < -0.3 is 0 Å². The number of likely N-dealkylation sites (tertiary alicyclic amines) is 1. The molecular weight excluding hydrogens is 148 g/mol. The van der Waals surface area contributed by atoms with Gasteiger partial charge >= 0.3 is 0 Å². The van der Waals surface area contributed by atoms with Gasteiger partial charge in [0, 0.05) is 13.1 Å². The lowest BCUT2D eigenvalue weighted by Gasteiger charge is -2.28. The van der Waals surface area contributed by atoms with Gasteiger partial charge in [0.05, 0.1) is 0 Å². The smallest absolute Gasteiger partial charge is 0.205 e. The molecule has 1 atom stereocenters. The average Bonchev–Trinajstić information content (AvgIpc) is 2.05. The molecule has 1 heterocycles. The topological polar surface area (TPSA) is 3.24 Å². The van der Waals surface area contributed by atoms with Crippen LogP contribution >= 0.6 is 0 Å². The van der Waals surface area contributed by atoms with Crippen LogP contribution in [0.4, 0.5) is 8.78 Å². The van der Waals surface area contributed by atoms with Crippen LogP contribution < -0.4 is 0 Å². The van der Waals surface area contributed by atoms with Gasteiger partial charge in [-0.3, -0.25) is 4.90 Å². The number of nitrogens with zero attached hydrogens (tertiary/aromatic N) is 1. The number of hydrogen-bond donors (Lipinski definition) is 0. The van der Waals surface area contributed by atoms with E-state index in [0.29, 0.717) is 13.1 Å². The summed E-state index contributed by atoms with van der Waals surface area (Å²) in [5, 5.41) is 0. The minimum Gasteiger partial charge on any atom is -0.268 e. The first-order valence-corrected chi connectivity index (χ1v) is 3.94. The summed E-state index contributed by atoms with van der Waals surface area (Å²) in [7, 11) is 0. The molecule has 0 spiro atoms. The first-order valence-electron chi connectivity index (χ1n) is 3.94. The van der Waals surface area contributed by atoms with Crippen molar-refractivity contribution in [3.8, 4) is 0 Å². The number of piperidine rings is 1. The van der Waals surface area contributed by atoms with Gasteiger partial charge in [0.25, 0.3) is 0 Å². The molecule has 3 heteroatoms. The monoisotopic (exact) mass is 161 g/mol. The van der Waals surface area contributed by atoms with Gasteiger partial charge in [-0.2, -0.15) is 0 Å². The third kappa shape index (κ3) is 2.26. The molecule has 1 aliphatic rings. The summed E-state index contributed by atoms with van der Waals surface area (Å²) in [6, 6.07) is 0. The van der Waals surface area contributed by atoms with Gasteiger partial charge in [-0.15, -0.1) is 0 Å². The lowest BCUT2D eigenvalue weighted by Crippen LogP contribution is -2.36. The second-order valence-corrected chi connectivity index (χ2v) is 2.88. The Kier molecular flexibility index (Phi) is 3.00. The second kappa shape index (κ2) is 3.81. The molecule has 0 radical (unpaired) electrons. The fourth-order valence-electron chi connectivity index (χ4n) is 1.34. The van der Waals surface area contributed by atoms with Gasteiger partial charge in [-0.1, -0.05) is 13.0 Å². The van der Waals surface area contributed by atoms with Crippen molar-refractivity contribution < 1.29 is 8.78 Å². The Morgan fingerprint density at radius 2 is 1.82 bits per heavy atom. The third-order valence-electron chi connectivity index (χ3n) is 1.97. The maximum Gasteiger partial charge on any atom is 0.205 e. The lowest BCUT2D eigenvalue weighted by atomic mass is 10.1. The predicted octanol–water partition coefficient (Wildman–Crippen LogP) is 2.25. The van der Waals surface area contributed by atoms with E-state index in [-0.39, 0.29) is 0 Å². The molecule has 0 aromatic rings. The highest BCUT2D eigenvalue weighted by atomic mass is 19.2. The van der Waals surface area contributed by atoms with Gasteiger partial charge in [-0.05, 0) is 12.8 Å². The first kappa shape index (κ1) is 8.65. The number of alkyl halides is 1. The maximum atomic E-state index is 12.9. The lowest BCUT2D eigenvalue weighted by molar-refractivity contribution is 0.0747. The van der Waals surface area contributed by atoms with Gasteiger partial charge in [0.2, 0.25) is 6.30 Å². The molecule has 1 unspecified atom stereocenters. The number of rotatable bonds is 2. The van der Waals surface area contributed by atoms with Crippen LogP contribution in [-0.2, 0) is 0 Å². The van der Waals surface area contributed by atoms with Crippen molar-refractivity contribution in [2.45, 2.75) is 25.6 Å². The highest BCUT2D eigenvalue weighted by molar-refractivity contribution is 4.90. The summed E-state index contributed by atoms with van der Waals surface area (Å²) < 4.78 is 25.1. The van der Waals surface area contributed by atoms with Crippen LogP contribution in [0.3, 0.4) is 0 Å². The molecule has 1 saturated heterocycles. The van der Waals surface area contributed by atoms with Crippen molar-refractivity contribution >= 4 is 0 Å². The van der Waals surface area contributed by atoms with Crippen LogP contribution in [-0.4, -0.2) is 24.3 Å². The Morgan fingerprint density at radius 1 is 1.27 bits per heavy atom. The van der Waals surface area contributed by atoms with E-state index in [1.165, 1.54) is 4.90 Å². The Morgan fingerprint density at radius 3 is 2.27 bits per heavy atom. The van der Waals surface area contributed by atoms with Crippen LogP contribution in [0.1, 0.15) is 19.3 Å². The second-order valence-electron chi connectivity index (χ2n) is 2.88. The zero-order valence-electron chi connectivity index (χ0n) is 6.52. The third-order valence-corrected chi connectivity index (χ3v) is 1.97. The van der Waals surface area contributed by atoms with Gasteiger partial charge in [-0.25, -0.2) is 8.78 Å². The molecule has 1 rings (SSSR count). The highest BCUT2D eigenvalue weighted by Crippen LogP contribution is 2.17. The fourth-order valence-corrected chi connectivity index (χ4v) is 1.34. The maximum absolute atomic E-state index is 12.9. The van der Waals surface area contributed by atoms with Crippen molar-refractivity contribution in [2.24, 2.45) is 0 Å². The molecule has 0 amide bonds. The molecule has 0 bridgehead atoms. The number of hydrogen-bond acceptors (Lipinski definition) is 1. The molecule has 0 saturated carbocycles. The van der Waals surface area contributed by atoms with Crippen molar-refractivity contribution in [1.29, 1.82) is 0 Å². The summed E-state index contributed by atoms with van der Waals surface area (Å²) in [5.74, 6) is -0.869. The van der Waals surface area contributed by atoms with E-state index in [0.717, 1.165) is 19.3 Å². The molecule has 1 aliphatic heterocycles. The van der Waals surface area contributed by atoms with E-state index < -0.39 is 12.1 Å². The van der Waals surface area contributed by atoms with E-state index in [2.05, 4.69) is 6.58 Å². The average molecular weight is 161 g/mol. The summed E-state index contributed by atoms with van der Waals surface area (Å²) in [4.78, 5) is 1.49. The van der Waals surface area contributed by atoms with Crippen LogP contribution in [0, 0.1) is 0 Å². The molecule has 0 N–H and O–H groups in total. The predicted molar refractivity (Wildman–Crippen MR) is 40.6 cm³/mol. The molecule has 0 aromatic heterocycles. The van der Waals surface area contributed by atoms with Crippen molar-refractivity contribution in [1.82, 2.24) is 4.90 Å². The zero-order chi connectivity index (χ0) is 8.27. The quantitative estimate of drug-likeness (QED) is 0.561. The van der Waals surface area contributed by atoms with Crippen molar-refractivity contribution in [3.63, 3.8) is 0 Å². The highest BCUT2D eigenvalue weighted by Gasteiger charge is 2.21. The van der Waals surface area contributed by atoms with Crippen LogP contribution in [0.5, 0.6) is 0 Å². The Bertz CT molecular complexity index is 141. The van der Waals surface area contributed by atoms with Crippen molar-refractivity contribution in [3.05, 3.63) is 12.4 Å². The normalized spacial score (nSPS) is 23.1. The minimum absolute atomic E-state index is 0.657. The first-order chi connectivity index (χ1) is 5.22. The summed E-state index contributed by atoms with van der Waals surface area (Å²) in [6.45, 7) is 4.26. The number of halogens is 2. The molecule has 0 aromatic carbocycles. The van der Waals surface area contributed by atoms with E-state index in [1.807, 2.05) is 0 Å². The SMILES string of the molecule is C=C(F)C(F)N1CCCCC1. The Balaban J connectivity index is 2.38. The largest absolute Gasteiger partial charge is 0.268 e. The summed E-state index contributed by atoms with van der Waals surface area (Å²) >= 11 is 0. The summed E-state index contributed by atoms with van der Waals surface area (Å²) in [6.07, 6.45) is 1.49. The standard InChI is InChI=1S/C8H13F2N/c1-7(9)8(10)11-5-3-2-4-6-11/h8H,1-6H2. The fraction of sp³-hybridized carbons (Fsp3) is 0.750. The van der Waals surface area contributed by atoms with Crippen molar-refractivity contribution in [2.75, 3.05) is 13.1 Å². The van der Waals surface area contributed by atoms with E-state index >= 15 is 0 Å². The van der Waals surface area contributed by atoms with Crippen LogP contribution in [0.2, 0.25) is 0 Å². The van der Waals surface area contributed by atoms with E-state index in [1.54, 1.807) is 0 Å². The minimum atomic E-state index is -1.57. The molecule has 0 aliphatic carbocycles. The van der Waals surface area contributed by atoms with Crippen LogP contribution in [0.25, 0.3) is 0 Å². The molecular formula is C8H13F2N. The molecule has 1 nitrogen and oxygen atoms in total. The molecule has 1 fully saturated rings. The van der Waals surface area contributed by atoms with Crippen LogP contribution in [0.15, 0.2) is 12.4 Å². The van der Waals surface area contributed by atoms with Gasteiger partial charge in [0.15, 0.2) is 0 Å². The molecule has 11 heavy (non-hydrogen) atoms. The summed E-state index contributed by atoms with van der Waals surface area (Å²) in [5.41, 5.74) is 0. The Hall–Kier alpha value is -0.440.